The molecule has 20 heavy (non-hydrogen) atoms. The Bertz CT molecular complexity index is 585. The number of methoxy groups -OCH3 is 1. The highest BCUT2D eigenvalue weighted by Crippen LogP contribution is 2.26. The van der Waals surface area contributed by atoms with Crippen LogP contribution in [0.25, 0.3) is 0 Å². The lowest BCUT2D eigenvalue weighted by atomic mass is 9.95. The van der Waals surface area contributed by atoms with Crippen molar-refractivity contribution in [1.29, 1.82) is 0 Å². The SMILES string of the molecule is CO[C@](C)(CNC(=O)c1ccsc1)c1cccc(Cl)c1. The van der Waals surface area contributed by atoms with Crippen LogP contribution in [0.2, 0.25) is 5.02 Å². The molecule has 0 spiro atoms. The summed E-state index contributed by atoms with van der Waals surface area (Å²) in [4.78, 5) is 12.0. The van der Waals surface area contributed by atoms with Crippen LogP contribution in [0.3, 0.4) is 0 Å². The number of benzene rings is 1. The molecule has 5 heteroatoms. The van der Waals surface area contributed by atoms with Gasteiger partial charge < -0.3 is 10.1 Å². The van der Waals surface area contributed by atoms with E-state index in [1.165, 1.54) is 11.3 Å². The van der Waals surface area contributed by atoms with E-state index >= 15 is 0 Å². The van der Waals surface area contributed by atoms with Crippen LogP contribution in [0.1, 0.15) is 22.8 Å². The largest absolute Gasteiger partial charge is 0.372 e. The molecule has 0 unspecified atom stereocenters. The minimum Gasteiger partial charge on any atom is -0.372 e. The number of ether oxygens (including phenoxy) is 1. The zero-order valence-corrected chi connectivity index (χ0v) is 12.9. The number of nitrogens with one attached hydrogen (secondary N) is 1. The smallest absolute Gasteiger partial charge is 0.252 e. The van der Waals surface area contributed by atoms with Crippen molar-refractivity contribution in [2.75, 3.05) is 13.7 Å². The zero-order valence-electron chi connectivity index (χ0n) is 11.4. The molecular weight excluding hydrogens is 294 g/mol. The van der Waals surface area contributed by atoms with Gasteiger partial charge in [0.25, 0.3) is 5.91 Å². The van der Waals surface area contributed by atoms with Gasteiger partial charge in [-0.3, -0.25) is 4.79 Å². The van der Waals surface area contributed by atoms with E-state index in [-0.39, 0.29) is 5.91 Å². The first-order valence-electron chi connectivity index (χ1n) is 6.17. The van der Waals surface area contributed by atoms with Crippen LogP contribution >= 0.6 is 22.9 Å². The number of rotatable bonds is 5. The lowest BCUT2D eigenvalue weighted by Crippen LogP contribution is -2.40. The van der Waals surface area contributed by atoms with Crippen molar-refractivity contribution in [3.05, 3.63) is 57.2 Å². The van der Waals surface area contributed by atoms with Crippen molar-refractivity contribution < 1.29 is 9.53 Å². The van der Waals surface area contributed by atoms with Gasteiger partial charge in [0, 0.05) is 23.1 Å². The van der Waals surface area contributed by atoms with Gasteiger partial charge in [-0.2, -0.15) is 11.3 Å². The maximum absolute atomic E-state index is 12.0. The molecule has 1 aromatic heterocycles. The van der Waals surface area contributed by atoms with Gasteiger partial charge in [0.05, 0.1) is 6.54 Å². The van der Waals surface area contributed by atoms with Gasteiger partial charge in [-0.05, 0) is 36.1 Å². The molecule has 0 aliphatic heterocycles. The summed E-state index contributed by atoms with van der Waals surface area (Å²) in [5, 5.41) is 7.24. The molecule has 1 aromatic carbocycles. The highest BCUT2D eigenvalue weighted by atomic mass is 35.5. The van der Waals surface area contributed by atoms with Crippen molar-refractivity contribution >= 4 is 28.8 Å². The van der Waals surface area contributed by atoms with Gasteiger partial charge in [0.2, 0.25) is 0 Å². The molecule has 1 heterocycles. The first kappa shape index (κ1) is 15.0. The fourth-order valence-corrected chi connectivity index (χ4v) is 2.68. The number of amides is 1. The molecule has 0 saturated carbocycles. The summed E-state index contributed by atoms with van der Waals surface area (Å²) in [6.45, 7) is 2.30. The molecule has 0 aliphatic rings. The molecule has 0 fully saturated rings. The minimum absolute atomic E-state index is 0.100. The molecule has 106 valence electrons. The van der Waals surface area contributed by atoms with Crippen LogP contribution in [0.5, 0.6) is 0 Å². The number of carbonyl (C=O) groups excluding carboxylic acids is 1. The number of hydrogen-bond donors (Lipinski definition) is 1. The lowest BCUT2D eigenvalue weighted by molar-refractivity contribution is 0.00316. The van der Waals surface area contributed by atoms with Crippen molar-refractivity contribution in [3.63, 3.8) is 0 Å². The zero-order chi connectivity index (χ0) is 14.6. The normalized spacial score (nSPS) is 13.8. The van der Waals surface area contributed by atoms with E-state index in [0.717, 1.165) is 5.56 Å². The second-order valence-electron chi connectivity index (χ2n) is 4.64. The highest BCUT2D eigenvalue weighted by molar-refractivity contribution is 7.08. The summed E-state index contributed by atoms with van der Waals surface area (Å²) in [6, 6.07) is 9.26. The van der Waals surface area contributed by atoms with Crippen molar-refractivity contribution in [2.24, 2.45) is 0 Å². The second-order valence-corrected chi connectivity index (χ2v) is 5.86. The van der Waals surface area contributed by atoms with E-state index in [4.69, 9.17) is 16.3 Å². The summed E-state index contributed by atoms with van der Waals surface area (Å²) in [5.41, 5.74) is 0.981. The fourth-order valence-electron chi connectivity index (χ4n) is 1.85. The highest BCUT2D eigenvalue weighted by Gasteiger charge is 2.27. The van der Waals surface area contributed by atoms with Crippen LogP contribution in [-0.2, 0) is 10.3 Å². The van der Waals surface area contributed by atoms with E-state index in [9.17, 15) is 4.79 Å². The molecule has 0 aliphatic carbocycles. The van der Waals surface area contributed by atoms with Gasteiger partial charge in [0.1, 0.15) is 5.60 Å². The van der Waals surface area contributed by atoms with Crippen LogP contribution < -0.4 is 5.32 Å². The van der Waals surface area contributed by atoms with Crippen molar-refractivity contribution in [2.45, 2.75) is 12.5 Å². The standard InChI is InChI=1S/C15H16ClNO2S/c1-15(19-2,12-4-3-5-13(16)8-12)10-17-14(18)11-6-7-20-9-11/h3-9H,10H2,1-2H3,(H,17,18)/t15-/m1/s1. The Kier molecular flexibility index (Phi) is 4.81. The maximum Gasteiger partial charge on any atom is 0.252 e. The Balaban J connectivity index is 2.10. The third kappa shape index (κ3) is 3.39. The van der Waals surface area contributed by atoms with E-state index in [1.54, 1.807) is 13.2 Å². The Labute approximate surface area is 127 Å². The van der Waals surface area contributed by atoms with Crippen molar-refractivity contribution in [1.82, 2.24) is 5.32 Å². The predicted octanol–water partition coefficient (Wildman–Crippen LogP) is 3.69. The van der Waals surface area contributed by atoms with Crippen LogP contribution in [-0.4, -0.2) is 19.6 Å². The first-order chi connectivity index (χ1) is 9.55. The van der Waals surface area contributed by atoms with Crippen LogP contribution in [0.15, 0.2) is 41.1 Å². The Hall–Kier alpha value is -1.36. The molecule has 2 aromatic rings. The predicted molar refractivity (Wildman–Crippen MR) is 82.5 cm³/mol. The van der Waals surface area contributed by atoms with Crippen LogP contribution in [0, 0.1) is 0 Å². The van der Waals surface area contributed by atoms with E-state index < -0.39 is 5.60 Å². The van der Waals surface area contributed by atoms with Gasteiger partial charge >= 0.3 is 0 Å². The Morgan fingerprint density at radius 1 is 1.45 bits per heavy atom. The summed E-state index contributed by atoms with van der Waals surface area (Å²) < 4.78 is 5.58. The summed E-state index contributed by atoms with van der Waals surface area (Å²) >= 11 is 7.51. The van der Waals surface area contributed by atoms with Crippen LogP contribution in [0.4, 0.5) is 0 Å². The first-order valence-corrected chi connectivity index (χ1v) is 7.49. The van der Waals surface area contributed by atoms with Gasteiger partial charge in [-0.15, -0.1) is 0 Å². The molecular formula is C15H16ClNO2S. The lowest BCUT2D eigenvalue weighted by Gasteiger charge is -2.29. The topological polar surface area (TPSA) is 38.3 Å². The Morgan fingerprint density at radius 2 is 2.25 bits per heavy atom. The molecule has 0 radical (unpaired) electrons. The van der Waals surface area contributed by atoms with E-state index in [1.807, 2.05) is 41.9 Å². The molecule has 1 N–H and O–H groups in total. The number of hydrogen-bond acceptors (Lipinski definition) is 3. The number of halogens is 1. The van der Waals surface area contributed by atoms with Gasteiger partial charge in [0.15, 0.2) is 0 Å². The van der Waals surface area contributed by atoms with E-state index in [2.05, 4.69) is 5.32 Å². The monoisotopic (exact) mass is 309 g/mol. The number of thiophene rings is 1. The summed E-state index contributed by atoms with van der Waals surface area (Å²) in [5.74, 6) is -0.100. The third-order valence-electron chi connectivity index (χ3n) is 3.26. The average molecular weight is 310 g/mol. The molecule has 0 saturated heterocycles. The number of carbonyl (C=O) groups is 1. The van der Waals surface area contributed by atoms with Gasteiger partial charge in [-0.25, -0.2) is 0 Å². The maximum atomic E-state index is 12.0. The summed E-state index contributed by atoms with van der Waals surface area (Å²) in [7, 11) is 1.62. The summed E-state index contributed by atoms with van der Waals surface area (Å²) in [6.07, 6.45) is 0. The second kappa shape index (κ2) is 6.39. The minimum atomic E-state index is -0.615. The van der Waals surface area contributed by atoms with E-state index in [0.29, 0.717) is 17.1 Å². The molecule has 1 amide bonds. The van der Waals surface area contributed by atoms with Crippen molar-refractivity contribution in [3.8, 4) is 0 Å². The molecule has 0 bridgehead atoms. The molecule has 1 atom stereocenters. The van der Waals surface area contributed by atoms with Gasteiger partial charge in [-0.1, -0.05) is 23.7 Å². The Morgan fingerprint density at radius 3 is 2.85 bits per heavy atom. The fraction of sp³-hybridized carbons (Fsp3) is 0.267. The third-order valence-corrected chi connectivity index (χ3v) is 4.17. The quantitative estimate of drug-likeness (QED) is 0.914. The molecule has 3 nitrogen and oxygen atoms in total. The molecule has 2 rings (SSSR count). The average Bonchev–Trinajstić information content (AvgIpc) is 2.98.